The fourth-order valence-electron chi connectivity index (χ4n) is 1.34. The summed E-state index contributed by atoms with van der Waals surface area (Å²) in [6.07, 6.45) is -2.82. The zero-order chi connectivity index (χ0) is 14.6. The molecule has 1 aromatic rings. The van der Waals surface area contributed by atoms with Crippen LogP contribution in [0.2, 0.25) is 0 Å². The third-order valence-electron chi connectivity index (χ3n) is 2.11. The lowest BCUT2D eigenvalue weighted by Crippen LogP contribution is -2.10. The number of benzene rings is 1. The van der Waals surface area contributed by atoms with Gasteiger partial charge in [-0.2, -0.15) is 13.2 Å². The van der Waals surface area contributed by atoms with Crippen molar-refractivity contribution in [3.05, 3.63) is 31.6 Å². The van der Waals surface area contributed by atoms with Crippen LogP contribution < -0.4 is 10.1 Å². The number of ether oxygens (including phenoxy) is 1. The molecule has 0 fully saturated rings. The molecular weight excluding hydrogens is 459 g/mol. The minimum Gasteiger partial charge on any atom is -0.489 e. The van der Waals surface area contributed by atoms with Gasteiger partial charge in [-0.1, -0.05) is 0 Å². The first-order valence-electron chi connectivity index (χ1n) is 4.98. The van der Waals surface area contributed by atoms with Gasteiger partial charge >= 0.3 is 6.18 Å². The molecule has 1 N–H and O–H groups in total. The summed E-state index contributed by atoms with van der Waals surface area (Å²) in [7, 11) is 1.43. The molecule has 0 spiro atoms. The Balaban J connectivity index is 3.10. The monoisotopic (exact) mass is 465 g/mol. The van der Waals surface area contributed by atoms with E-state index in [-0.39, 0.29) is 18.0 Å². The van der Waals surface area contributed by atoms with Crippen molar-refractivity contribution in [1.29, 1.82) is 0 Å². The van der Waals surface area contributed by atoms with Gasteiger partial charge < -0.3 is 10.1 Å². The molecule has 1 aromatic carbocycles. The Kier molecular flexibility index (Phi) is 6.19. The van der Waals surface area contributed by atoms with Crippen LogP contribution in [0.3, 0.4) is 0 Å². The molecule has 0 aliphatic carbocycles. The summed E-state index contributed by atoms with van der Waals surface area (Å²) in [6.45, 7) is 0.147. The highest BCUT2D eigenvalue weighted by Crippen LogP contribution is 2.41. The Hall–Kier alpha value is -0.210. The maximum atomic E-state index is 12.9. The molecule has 0 aliphatic heterocycles. The third-order valence-corrected chi connectivity index (χ3v) is 3.38. The van der Waals surface area contributed by atoms with E-state index in [4.69, 9.17) is 4.74 Å². The summed E-state index contributed by atoms with van der Waals surface area (Å²) in [6, 6.07) is 2.45. The predicted octanol–water partition coefficient (Wildman–Crippen LogP) is 5.52. The van der Waals surface area contributed by atoms with Crippen molar-refractivity contribution in [2.45, 2.75) is 6.18 Å². The van der Waals surface area contributed by atoms with Gasteiger partial charge in [0, 0.05) is 11.5 Å². The van der Waals surface area contributed by atoms with E-state index in [9.17, 15) is 13.2 Å². The largest absolute Gasteiger partial charge is 0.489 e. The first kappa shape index (κ1) is 16.8. The zero-order valence-corrected chi connectivity index (χ0v) is 14.4. The molecule has 8 heteroatoms. The summed E-state index contributed by atoms with van der Waals surface area (Å²) in [5.41, 5.74) is -0.793. The number of nitrogens with one attached hydrogen (secondary N) is 1. The van der Waals surface area contributed by atoms with Gasteiger partial charge in [0.25, 0.3) is 0 Å². The summed E-state index contributed by atoms with van der Waals surface area (Å²) in [5, 5.41) is 2.52. The molecule has 0 amide bonds. The minimum atomic E-state index is -4.45. The number of rotatable bonds is 4. The molecule has 0 aliphatic rings. The van der Waals surface area contributed by atoms with Crippen LogP contribution >= 0.6 is 47.8 Å². The molecule has 0 heterocycles. The lowest BCUT2D eigenvalue weighted by molar-refractivity contribution is -0.137. The topological polar surface area (TPSA) is 21.3 Å². The first-order valence-corrected chi connectivity index (χ1v) is 7.36. The molecule has 0 bridgehead atoms. The van der Waals surface area contributed by atoms with Crippen LogP contribution in [0.15, 0.2) is 26.1 Å². The number of hydrogen-bond acceptors (Lipinski definition) is 2. The summed E-state index contributed by atoms with van der Waals surface area (Å²) in [4.78, 5) is 0. The smallest absolute Gasteiger partial charge is 0.418 e. The van der Waals surface area contributed by atoms with Crippen LogP contribution in [0, 0.1) is 0 Å². The van der Waals surface area contributed by atoms with Crippen molar-refractivity contribution in [3.8, 4) is 5.75 Å². The van der Waals surface area contributed by atoms with Gasteiger partial charge in [-0.3, -0.25) is 0 Å². The molecule has 0 saturated heterocycles. The standard InChI is InChI=1S/C11H9Br3F3NO/c1-18-10-7(11(15,16)17)4-6(5-8(10)12)19-3-2-9(13)14/h2,4-5,18H,3H2,1H3. The molecule has 0 atom stereocenters. The maximum absolute atomic E-state index is 12.9. The zero-order valence-electron chi connectivity index (χ0n) is 9.62. The van der Waals surface area contributed by atoms with E-state index in [1.807, 2.05) is 0 Å². The molecule has 0 unspecified atom stereocenters. The molecule has 1 rings (SSSR count). The number of anilines is 1. The molecule has 0 aromatic heterocycles. The van der Waals surface area contributed by atoms with Crippen LogP contribution in [0.5, 0.6) is 5.75 Å². The predicted molar refractivity (Wildman–Crippen MR) is 80.1 cm³/mol. The van der Waals surface area contributed by atoms with Crippen LogP contribution in [-0.4, -0.2) is 13.7 Å². The Labute approximate surface area is 133 Å². The van der Waals surface area contributed by atoms with Gasteiger partial charge in [0.15, 0.2) is 0 Å². The summed E-state index contributed by atoms with van der Waals surface area (Å²) >= 11 is 9.35. The van der Waals surface area contributed by atoms with E-state index < -0.39 is 11.7 Å². The summed E-state index contributed by atoms with van der Waals surface area (Å²) < 4.78 is 44.9. The molecule has 19 heavy (non-hydrogen) atoms. The SMILES string of the molecule is CNc1c(Br)cc(OCC=C(Br)Br)cc1C(F)(F)F. The van der Waals surface area contributed by atoms with Gasteiger partial charge in [-0.05, 0) is 66.0 Å². The average Bonchev–Trinajstić information content (AvgIpc) is 2.26. The van der Waals surface area contributed by atoms with Gasteiger partial charge in [0.2, 0.25) is 0 Å². The number of hydrogen-bond donors (Lipinski definition) is 1. The summed E-state index contributed by atoms with van der Waals surface area (Å²) in [5.74, 6) is 0.135. The number of halogens is 6. The van der Waals surface area contributed by atoms with Crippen LogP contribution in [-0.2, 0) is 6.18 Å². The second kappa shape index (κ2) is 6.99. The number of alkyl halides is 3. The van der Waals surface area contributed by atoms with E-state index >= 15 is 0 Å². The highest BCUT2D eigenvalue weighted by Gasteiger charge is 2.35. The quantitative estimate of drug-likeness (QED) is 0.629. The van der Waals surface area contributed by atoms with E-state index in [0.717, 1.165) is 6.07 Å². The molecule has 0 saturated carbocycles. The Morgan fingerprint density at radius 2 is 2.00 bits per heavy atom. The highest BCUT2D eigenvalue weighted by molar-refractivity contribution is 9.28. The van der Waals surface area contributed by atoms with Crippen molar-refractivity contribution < 1.29 is 17.9 Å². The van der Waals surface area contributed by atoms with Crippen molar-refractivity contribution >= 4 is 53.5 Å². The van der Waals surface area contributed by atoms with Gasteiger partial charge in [0.05, 0.1) is 14.6 Å². The fraction of sp³-hybridized carbons (Fsp3) is 0.273. The molecule has 106 valence electrons. The lowest BCUT2D eigenvalue weighted by atomic mass is 10.1. The van der Waals surface area contributed by atoms with Crippen LogP contribution in [0.1, 0.15) is 5.56 Å². The van der Waals surface area contributed by atoms with Gasteiger partial charge in [0.1, 0.15) is 12.4 Å². The maximum Gasteiger partial charge on any atom is 0.418 e. The molecule has 2 nitrogen and oxygen atoms in total. The van der Waals surface area contributed by atoms with Crippen molar-refractivity contribution in [3.63, 3.8) is 0 Å². The van der Waals surface area contributed by atoms with Gasteiger partial charge in [-0.25, -0.2) is 0 Å². The van der Waals surface area contributed by atoms with Crippen LogP contribution in [0.25, 0.3) is 0 Å². The van der Waals surface area contributed by atoms with E-state index in [1.54, 1.807) is 6.08 Å². The Bertz CT molecular complexity index is 485. The second-order valence-electron chi connectivity index (χ2n) is 3.38. The first-order chi connectivity index (χ1) is 8.75. The van der Waals surface area contributed by atoms with Gasteiger partial charge in [-0.15, -0.1) is 0 Å². The van der Waals surface area contributed by atoms with E-state index in [1.165, 1.54) is 13.1 Å². The van der Waals surface area contributed by atoms with Crippen molar-refractivity contribution in [2.75, 3.05) is 19.0 Å². The van der Waals surface area contributed by atoms with Crippen molar-refractivity contribution in [2.24, 2.45) is 0 Å². The molecule has 0 radical (unpaired) electrons. The molecular formula is C11H9Br3F3NO. The minimum absolute atomic E-state index is 0.0166. The Morgan fingerprint density at radius 1 is 1.37 bits per heavy atom. The highest BCUT2D eigenvalue weighted by atomic mass is 79.9. The fourth-order valence-corrected chi connectivity index (χ4v) is 2.25. The third kappa shape index (κ3) is 5.00. The van der Waals surface area contributed by atoms with Crippen molar-refractivity contribution in [1.82, 2.24) is 0 Å². The van der Waals surface area contributed by atoms with Crippen LogP contribution in [0.4, 0.5) is 18.9 Å². The second-order valence-corrected chi connectivity index (χ2v) is 7.01. The normalized spacial score (nSPS) is 11.1. The average molecular weight is 468 g/mol. The van der Waals surface area contributed by atoms with E-state index in [2.05, 4.69) is 53.1 Å². The lowest BCUT2D eigenvalue weighted by Gasteiger charge is -2.16. The van der Waals surface area contributed by atoms with E-state index in [0.29, 0.717) is 7.86 Å². The Morgan fingerprint density at radius 3 is 2.47 bits per heavy atom.